The van der Waals surface area contributed by atoms with Crippen molar-refractivity contribution in [2.24, 2.45) is 0 Å². The van der Waals surface area contributed by atoms with Crippen LogP contribution >= 0.6 is 0 Å². The zero-order chi connectivity index (χ0) is 10.5. The first kappa shape index (κ1) is 15.3. The summed E-state index contributed by atoms with van der Waals surface area (Å²) in [6.07, 6.45) is 3.73. The molecule has 0 atom stereocenters. The first-order valence-electron chi connectivity index (χ1n) is 4.73. The van der Waals surface area contributed by atoms with Crippen LogP contribution in [-0.4, -0.2) is 46.4 Å². The topological polar surface area (TPSA) is 80.9 Å². The molecule has 0 aliphatic rings. The molecule has 4 heteroatoms. The van der Waals surface area contributed by atoms with Crippen LogP contribution < -0.4 is 0 Å². The fourth-order valence-corrected chi connectivity index (χ4v) is 0.596. The summed E-state index contributed by atoms with van der Waals surface area (Å²) in [6.45, 7) is 1.80. The Morgan fingerprint density at radius 2 is 1.46 bits per heavy atom. The van der Waals surface area contributed by atoms with E-state index in [4.69, 9.17) is 20.4 Å². The van der Waals surface area contributed by atoms with Crippen LogP contribution in [0.5, 0.6) is 0 Å². The second kappa shape index (κ2) is 14.4. The van der Waals surface area contributed by atoms with Gasteiger partial charge in [0.2, 0.25) is 0 Å². The average Bonchev–Trinajstić information content (AvgIpc) is 2.18. The molecule has 4 N–H and O–H groups in total. The maximum absolute atomic E-state index is 8.29. The molecule has 0 aliphatic heterocycles. The number of rotatable bonds is 6. The number of hydrogen-bond acceptors (Lipinski definition) is 4. The summed E-state index contributed by atoms with van der Waals surface area (Å²) in [5.41, 5.74) is 0. The zero-order valence-electron chi connectivity index (χ0n) is 8.32. The molecule has 0 rings (SSSR count). The van der Waals surface area contributed by atoms with Crippen LogP contribution in [0, 0.1) is 0 Å². The van der Waals surface area contributed by atoms with Crippen LogP contribution in [-0.2, 0) is 0 Å². The highest BCUT2D eigenvalue weighted by molar-refractivity contribution is 4.44. The van der Waals surface area contributed by atoms with Crippen molar-refractivity contribution in [1.29, 1.82) is 0 Å². The second-order valence-electron chi connectivity index (χ2n) is 2.80. The van der Waals surface area contributed by atoms with Gasteiger partial charge in [0.25, 0.3) is 0 Å². The Hall–Kier alpha value is -0.160. The minimum atomic E-state index is -0.954. The molecule has 0 aromatic carbocycles. The summed E-state index contributed by atoms with van der Waals surface area (Å²) >= 11 is 0. The van der Waals surface area contributed by atoms with Crippen LogP contribution in [0.4, 0.5) is 0 Å². The number of aliphatic hydroxyl groups excluding tert-OH is 4. The zero-order valence-corrected chi connectivity index (χ0v) is 8.32. The lowest BCUT2D eigenvalue weighted by atomic mass is 10.2. The van der Waals surface area contributed by atoms with E-state index in [0.717, 1.165) is 6.42 Å². The lowest BCUT2D eigenvalue weighted by Crippen LogP contribution is -2.15. The fourth-order valence-electron chi connectivity index (χ4n) is 0.596. The maximum Gasteiger partial charge on any atom is 0.100 e. The molecule has 13 heavy (non-hydrogen) atoms. The highest BCUT2D eigenvalue weighted by Crippen LogP contribution is 1.96. The molecule has 0 radical (unpaired) electrons. The molecule has 0 bridgehead atoms. The van der Waals surface area contributed by atoms with Gasteiger partial charge in [-0.3, -0.25) is 0 Å². The van der Waals surface area contributed by atoms with E-state index >= 15 is 0 Å². The molecule has 0 heterocycles. The van der Waals surface area contributed by atoms with Crippen molar-refractivity contribution >= 4 is 0 Å². The third-order valence-corrected chi connectivity index (χ3v) is 1.43. The van der Waals surface area contributed by atoms with Gasteiger partial charge in [-0.25, -0.2) is 0 Å². The van der Waals surface area contributed by atoms with Crippen molar-refractivity contribution in [3.05, 3.63) is 0 Å². The smallest absolute Gasteiger partial charge is 0.100 e. The van der Waals surface area contributed by atoms with Gasteiger partial charge in [0, 0.05) is 6.61 Å². The predicted molar refractivity (Wildman–Crippen MR) is 51.4 cm³/mol. The third kappa shape index (κ3) is 18.7. The van der Waals surface area contributed by atoms with Gasteiger partial charge in [0.1, 0.15) is 6.10 Å². The lowest BCUT2D eigenvalue weighted by molar-refractivity contribution is 0.0450. The monoisotopic (exact) mass is 194 g/mol. The standard InChI is InChI=1S/C6H14O.C3H8O3/c1-2-3-4-5-6-7;4-1-3(6)2-5/h7H,2-6H2,1H3;3-6H,1-2H2. The van der Waals surface area contributed by atoms with Crippen molar-refractivity contribution < 1.29 is 20.4 Å². The molecule has 82 valence electrons. The Balaban J connectivity index is 0. The van der Waals surface area contributed by atoms with E-state index in [0.29, 0.717) is 6.61 Å². The molecule has 0 saturated heterocycles. The number of unbranched alkanes of at least 4 members (excludes halogenated alkanes) is 3. The van der Waals surface area contributed by atoms with Crippen molar-refractivity contribution in [3.8, 4) is 0 Å². The first-order chi connectivity index (χ1) is 6.22. The Bertz CT molecular complexity index is 70.0. The molecular formula is C9H22O4. The molecule has 0 aliphatic carbocycles. The van der Waals surface area contributed by atoms with E-state index in [2.05, 4.69) is 6.92 Å². The molecule has 0 unspecified atom stereocenters. The highest BCUT2D eigenvalue weighted by Gasteiger charge is 1.93. The Morgan fingerprint density at radius 3 is 1.69 bits per heavy atom. The second-order valence-corrected chi connectivity index (χ2v) is 2.80. The number of hydrogen-bond donors (Lipinski definition) is 4. The van der Waals surface area contributed by atoms with Gasteiger partial charge in [-0.2, -0.15) is 0 Å². The quantitative estimate of drug-likeness (QED) is 0.445. The van der Waals surface area contributed by atoms with Crippen molar-refractivity contribution in [1.82, 2.24) is 0 Å². The van der Waals surface area contributed by atoms with Crippen LogP contribution in [0.1, 0.15) is 32.6 Å². The van der Waals surface area contributed by atoms with Crippen LogP contribution in [0.3, 0.4) is 0 Å². The van der Waals surface area contributed by atoms with Gasteiger partial charge < -0.3 is 20.4 Å². The fraction of sp³-hybridized carbons (Fsp3) is 1.00. The maximum atomic E-state index is 8.29. The largest absolute Gasteiger partial charge is 0.396 e. The van der Waals surface area contributed by atoms with Gasteiger partial charge in [0.05, 0.1) is 13.2 Å². The molecule has 0 aromatic heterocycles. The Labute approximate surface area is 79.8 Å². The van der Waals surface area contributed by atoms with Crippen LogP contribution in [0.15, 0.2) is 0 Å². The van der Waals surface area contributed by atoms with E-state index in [-0.39, 0.29) is 13.2 Å². The minimum absolute atomic E-state index is 0.361. The van der Waals surface area contributed by atoms with E-state index in [1.165, 1.54) is 19.3 Å². The van der Waals surface area contributed by atoms with Gasteiger partial charge >= 0.3 is 0 Å². The summed E-state index contributed by atoms with van der Waals surface area (Å²) < 4.78 is 0. The van der Waals surface area contributed by atoms with Crippen molar-refractivity contribution in [3.63, 3.8) is 0 Å². The molecule has 4 nitrogen and oxygen atoms in total. The Morgan fingerprint density at radius 1 is 0.923 bits per heavy atom. The highest BCUT2D eigenvalue weighted by atomic mass is 16.3. The summed E-state index contributed by atoms with van der Waals surface area (Å²) in [6, 6.07) is 0. The van der Waals surface area contributed by atoms with Crippen LogP contribution in [0.25, 0.3) is 0 Å². The van der Waals surface area contributed by atoms with E-state index in [1.807, 2.05) is 0 Å². The summed E-state index contributed by atoms with van der Waals surface area (Å²) in [7, 11) is 0. The normalized spacial score (nSPS) is 9.69. The van der Waals surface area contributed by atoms with Gasteiger partial charge in [-0.05, 0) is 6.42 Å². The SMILES string of the molecule is CCCCCCO.OCC(O)CO. The average molecular weight is 194 g/mol. The van der Waals surface area contributed by atoms with Gasteiger partial charge in [-0.1, -0.05) is 26.2 Å². The van der Waals surface area contributed by atoms with E-state index < -0.39 is 6.10 Å². The first-order valence-corrected chi connectivity index (χ1v) is 4.73. The third-order valence-electron chi connectivity index (χ3n) is 1.43. The molecule has 0 amide bonds. The van der Waals surface area contributed by atoms with Crippen molar-refractivity contribution in [2.45, 2.75) is 38.7 Å². The summed E-state index contributed by atoms with van der Waals surface area (Å²) in [5.74, 6) is 0. The lowest BCUT2D eigenvalue weighted by Gasteiger charge is -1.96. The van der Waals surface area contributed by atoms with E-state index in [1.54, 1.807) is 0 Å². The predicted octanol–water partition coefficient (Wildman–Crippen LogP) is -0.109. The van der Waals surface area contributed by atoms with Gasteiger partial charge in [0.15, 0.2) is 0 Å². The molecule has 0 aromatic rings. The molecule has 0 saturated carbocycles. The van der Waals surface area contributed by atoms with Crippen LogP contribution in [0.2, 0.25) is 0 Å². The Kier molecular flexibility index (Phi) is 16.9. The summed E-state index contributed by atoms with van der Waals surface area (Å²) in [4.78, 5) is 0. The van der Waals surface area contributed by atoms with Gasteiger partial charge in [-0.15, -0.1) is 0 Å². The summed E-state index contributed by atoms with van der Waals surface area (Å²) in [5, 5.41) is 32.3. The molecular weight excluding hydrogens is 172 g/mol. The minimum Gasteiger partial charge on any atom is -0.396 e. The molecule has 0 spiro atoms. The number of aliphatic hydroxyl groups is 4. The van der Waals surface area contributed by atoms with E-state index in [9.17, 15) is 0 Å². The van der Waals surface area contributed by atoms with Crippen molar-refractivity contribution in [2.75, 3.05) is 19.8 Å². The molecule has 0 fully saturated rings.